The first-order valence-electron chi connectivity index (χ1n) is 7.48. The zero-order valence-corrected chi connectivity index (χ0v) is 15.1. The van der Waals surface area contributed by atoms with Crippen LogP contribution in [0, 0.1) is 5.92 Å². The van der Waals surface area contributed by atoms with Crippen molar-refractivity contribution in [3.05, 3.63) is 51.8 Å². The number of allylic oxidation sites excluding steroid dienone is 5. The predicted octanol–water partition coefficient (Wildman–Crippen LogP) is 5.35. The van der Waals surface area contributed by atoms with Crippen molar-refractivity contribution in [1.29, 1.82) is 0 Å². The highest BCUT2D eigenvalue weighted by molar-refractivity contribution is 7.14. The van der Waals surface area contributed by atoms with Crippen molar-refractivity contribution >= 4 is 35.0 Å². The summed E-state index contributed by atoms with van der Waals surface area (Å²) in [5.74, 6) is 0.841. The first-order chi connectivity index (χ1) is 11.1. The largest absolute Gasteiger partial charge is 0.299 e. The highest BCUT2D eigenvalue weighted by Crippen LogP contribution is 2.29. The van der Waals surface area contributed by atoms with Gasteiger partial charge in [0.2, 0.25) is 0 Å². The van der Waals surface area contributed by atoms with Gasteiger partial charge in [0, 0.05) is 16.7 Å². The standard InChI is InChI=1S/C18H20N2OS2/c1-13(2)7-4-5-8-14(3)17-20-16(12-23-17)18-19-15(11-22-18)9-6-10-21/h4-14H,1-3H3/b7-4+,8-5+,9-6+/t14-/m0/s1. The van der Waals surface area contributed by atoms with E-state index in [1.165, 1.54) is 17.4 Å². The topological polar surface area (TPSA) is 42.9 Å². The minimum absolute atomic E-state index is 0.278. The molecule has 0 aromatic carbocycles. The highest BCUT2D eigenvalue weighted by Gasteiger charge is 2.11. The Hall–Kier alpha value is -1.85. The Balaban J connectivity index is 2.06. The molecule has 0 spiro atoms. The molecule has 0 aliphatic rings. The van der Waals surface area contributed by atoms with Crippen LogP contribution in [0.1, 0.15) is 37.4 Å². The minimum atomic E-state index is 0.278. The van der Waals surface area contributed by atoms with Crippen molar-refractivity contribution in [2.75, 3.05) is 0 Å². The Morgan fingerprint density at radius 3 is 2.52 bits per heavy atom. The summed E-state index contributed by atoms with van der Waals surface area (Å²) in [5, 5.41) is 5.92. The van der Waals surface area contributed by atoms with E-state index in [9.17, 15) is 4.79 Å². The number of hydrogen-bond acceptors (Lipinski definition) is 5. The zero-order valence-electron chi connectivity index (χ0n) is 13.5. The molecule has 0 radical (unpaired) electrons. The fourth-order valence-corrected chi connectivity index (χ4v) is 3.48. The van der Waals surface area contributed by atoms with Crippen LogP contribution in [0.2, 0.25) is 0 Å². The molecule has 0 saturated heterocycles. The average molecular weight is 345 g/mol. The van der Waals surface area contributed by atoms with Crippen LogP contribution in [0.25, 0.3) is 16.8 Å². The van der Waals surface area contributed by atoms with Crippen LogP contribution in [-0.2, 0) is 4.79 Å². The highest BCUT2D eigenvalue weighted by atomic mass is 32.1. The molecular weight excluding hydrogens is 324 g/mol. The number of carbonyl (C=O) groups is 1. The maximum absolute atomic E-state index is 10.3. The molecule has 2 rings (SSSR count). The Morgan fingerprint density at radius 1 is 1.00 bits per heavy atom. The number of aromatic nitrogens is 2. The number of aldehydes is 1. The maximum atomic E-state index is 10.3. The van der Waals surface area contributed by atoms with Crippen LogP contribution in [-0.4, -0.2) is 16.3 Å². The lowest BCUT2D eigenvalue weighted by Crippen LogP contribution is -1.88. The molecule has 3 nitrogen and oxygen atoms in total. The third-order valence-corrected chi connectivity index (χ3v) is 4.93. The summed E-state index contributed by atoms with van der Waals surface area (Å²) in [7, 11) is 0. The molecule has 0 saturated carbocycles. The van der Waals surface area contributed by atoms with Gasteiger partial charge >= 0.3 is 0 Å². The van der Waals surface area contributed by atoms with Crippen LogP contribution in [0.4, 0.5) is 0 Å². The van der Waals surface area contributed by atoms with E-state index in [4.69, 9.17) is 0 Å². The lowest BCUT2D eigenvalue weighted by Gasteiger charge is -1.99. The fraction of sp³-hybridized carbons (Fsp3) is 0.278. The first kappa shape index (κ1) is 17.5. The van der Waals surface area contributed by atoms with Gasteiger partial charge < -0.3 is 0 Å². The van der Waals surface area contributed by atoms with Crippen molar-refractivity contribution in [1.82, 2.24) is 9.97 Å². The normalized spacial score (nSPS) is 13.7. The van der Waals surface area contributed by atoms with Crippen LogP contribution < -0.4 is 0 Å². The van der Waals surface area contributed by atoms with Crippen LogP contribution >= 0.6 is 22.7 Å². The van der Waals surface area contributed by atoms with Gasteiger partial charge in [0.05, 0.1) is 10.7 Å². The van der Waals surface area contributed by atoms with E-state index in [0.717, 1.165) is 27.7 Å². The van der Waals surface area contributed by atoms with Crippen LogP contribution in [0.15, 0.2) is 41.1 Å². The van der Waals surface area contributed by atoms with E-state index >= 15 is 0 Å². The lowest BCUT2D eigenvalue weighted by molar-refractivity contribution is -0.104. The summed E-state index contributed by atoms with van der Waals surface area (Å²) >= 11 is 3.19. The summed E-state index contributed by atoms with van der Waals surface area (Å²) in [6.07, 6.45) is 12.4. The second kappa shape index (κ2) is 8.70. The average Bonchev–Trinajstić information content (AvgIpc) is 3.17. The maximum Gasteiger partial charge on any atom is 0.143 e. The van der Waals surface area contributed by atoms with E-state index in [0.29, 0.717) is 5.92 Å². The minimum Gasteiger partial charge on any atom is -0.299 e. The molecule has 2 heterocycles. The van der Waals surface area contributed by atoms with Gasteiger partial charge in [0.25, 0.3) is 0 Å². The molecule has 5 heteroatoms. The molecular formula is C18H20N2OS2. The molecule has 0 N–H and O–H groups in total. The second-order valence-electron chi connectivity index (χ2n) is 5.45. The monoisotopic (exact) mass is 344 g/mol. The number of thiazole rings is 2. The first-order valence-corrected chi connectivity index (χ1v) is 9.24. The second-order valence-corrected chi connectivity index (χ2v) is 7.19. The van der Waals surface area contributed by atoms with Crippen molar-refractivity contribution in [3.8, 4) is 10.7 Å². The van der Waals surface area contributed by atoms with Crippen LogP contribution in [0.5, 0.6) is 0 Å². The third kappa shape index (κ3) is 5.37. The van der Waals surface area contributed by atoms with Crippen molar-refractivity contribution < 1.29 is 4.79 Å². The lowest BCUT2D eigenvalue weighted by atomic mass is 10.1. The summed E-state index contributed by atoms with van der Waals surface area (Å²) in [6.45, 7) is 6.46. The molecule has 120 valence electrons. The predicted molar refractivity (Wildman–Crippen MR) is 99.9 cm³/mol. The van der Waals surface area contributed by atoms with E-state index < -0.39 is 0 Å². The molecule has 2 aromatic rings. The molecule has 0 aliphatic heterocycles. The zero-order chi connectivity index (χ0) is 16.7. The molecule has 23 heavy (non-hydrogen) atoms. The number of nitrogens with zero attached hydrogens (tertiary/aromatic N) is 2. The van der Waals surface area contributed by atoms with Gasteiger partial charge in [0.15, 0.2) is 0 Å². The van der Waals surface area contributed by atoms with Gasteiger partial charge in [0.1, 0.15) is 17.0 Å². The van der Waals surface area contributed by atoms with Crippen molar-refractivity contribution in [2.45, 2.75) is 26.7 Å². The fourth-order valence-electron chi connectivity index (χ4n) is 1.81. The smallest absolute Gasteiger partial charge is 0.143 e. The van der Waals surface area contributed by atoms with Crippen molar-refractivity contribution in [2.24, 2.45) is 5.92 Å². The summed E-state index contributed by atoms with van der Waals surface area (Å²) in [5.41, 5.74) is 1.69. The van der Waals surface area contributed by atoms with Gasteiger partial charge in [-0.3, -0.25) is 4.79 Å². The molecule has 2 aromatic heterocycles. The summed E-state index contributed by atoms with van der Waals surface area (Å²) in [6, 6.07) is 0. The summed E-state index contributed by atoms with van der Waals surface area (Å²) < 4.78 is 0. The van der Waals surface area contributed by atoms with Gasteiger partial charge in [-0.2, -0.15) is 0 Å². The van der Waals surface area contributed by atoms with Crippen molar-refractivity contribution in [3.63, 3.8) is 0 Å². The number of rotatable bonds is 7. The van der Waals surface area contributed by atoms with Crippen LogP contribution in [0.3, 0.4) is 0 Å². The number of hydrogen-bond donors (Lipinski definition) is 0. The molecule has 0 bridgehead atoms. The van der Waals surface area contributed by atoms with E-state index in [-0.39, 0.29) is 5.92 Å². The Bertz CT molecular complexity index is 723. The third-order valence-electron chi connectivity index (χ3n) is 3.01. The van der Waals surface area contributed by atoms with Gasteiger partial charge in [-0.25, -0.2) is 9.97 Å². The van der Waals surface area contributed by atoms with E-state index in [1.54, 1.807) is 17.4 Å². The van der Waals surface area contributed by atoms with E-state index in [1.807, 2.05) is 10.8 Å². The van der Waals surface area contributed by atoms with Gasteiger partial charge in [-0.1, -0.05) is 45.1 Å². The Morgan fingerprint density at radius 2 is 1.78 bits per heavy atom. The molecule has 0 aliphatic carbocycles. The quantitative estimate of drug-likeness (QED) is 0.386. The summed E-state index contributed by atoms with van der Waals surface area (Å²) in [4.78, 5) is 19.5. The SMILES string of the molecule is CC(C)/C=C/C=C/[C@H](C)c1nc(-c2nc(/C=C/C=O)cs2)cs1. The Labute approximate surface area is 145 Å². The number of carbonyl (C=O) groups excluding carboxylic acids is 1. The molecule has 0 unspecified atom stereocenters. The van der Waals surface area contributed by atoms with E-state index in [2.05, 4.69) is 55.0 Å². The molecule has 0 fully saturated rings. The van der Waals surface area contributed by atoms with Gasteiger partial charge in [-0.15, -0.1) is 22.7 Å². The Kier molecular flexibility index (Phi) is 6.62. The van der Waals surface area contributed by atoms with Gasteiger partial charge in [-0.05, 0) is 18.1 Å². The molecule has 1 atom stereocenters. The molecule has 0 amide bonds.